The van der Waals surface area contributed by atoms with Crippen LogP contribution in [0.2, 0.25) is 10.0 Å². The maximum absolute atomic E-state index is 12.0. The molecule has 0 radical (unpaired) electrons. The van der Waals surface area contributed by atoms with Gasteiger partial charge in [-0.1, -0.05) is 35.3 Å². The van der Waals surface area contributed by atoms with Crippen LogP contribution < -0.4 is 9.66 Å². The van der Waals surface area contributed by atoms with Gasteiger partial charge in [-0.15, -0.1) is 9.66 Å². The Morgan fingerprint density at radius 2 is 1.27 bits per heavy atom. The Bertz CT molecular complexity index is 882. The monoisotopic (exact) mass is 380 g/mol. The Labute approximate surface area is 138 Å². The highest BCUT2D eigenvalue weighted by Gasteiger charge is 2.21. The summed E-state index contributed by atoms with van der Waals surface area (Å²) >= 11 is 11.4. The molecule has 22 heavy (non-hydrogen) atoms. The number of sulfonamides is 2. The molecule has 10 heteroatoms. The van der Waals surface area contributed by atoms with Crippen molar-refractivity contribution in [1.29, 1.82) is 0 Å². The van der Waals surface area contributed by atoms with Crippen LogP contribution in [0.4, 0.5) is 0 Å². The van der Waals surface area contributed by atoms with Gasteiger partial charge in [0.25, 0.3) is 20.0 Å². The minimum atomic E-state index is -4.14. The molecule has 118 valence electrons. The predicted molar refractivity (Wildman–Crippen MR) is 83.5 cm³/mol. The van der Waals surface area contributed by atoms with Crippen LogP contribution in [0.15, 0.2) is 58.3 Å². The Hall–Kier alpha value is -1.16. The molecule has 2 aromatic carbocycles. The van der Waals surface area contributed by atoms with Gasteiger partial charge in [-0.3, -0.25) is 0 Å². The molecule has 6 nitrogen and oxygen atoms in total. The Kier molecular flexibility index (Phi) is 5.10. The molecule has 0 amide bonds. The second-order valence-electron chi connectivity index (χ2n) is 4.10. The lowest BCUT2D eigenvalue weighted by atomic mass is 10.4. The van der Waals surface area contributed by atoms with Gasteiger partial charge in [-0.25, -0.2) is 16.8 Å². The minimum Gasteiger partial charge on any atom is -0.206 e. The largest absolute Gasteiger partial charge is 0.255 e. The third-order valence-electron chi connectivity index (χ3n) is 2.56. The van der Waals surface area contributed by atoms with Crippen LogP contribution in [0.5, 0.6) is 0 Å². The molecular formula is C12H10Cl2N2O4S2. The zero-order chi connectivity index (χ0) is 16.4. The SMILES string of the molecule is O=S(=O)(NNS(=O)(=O)c1ccccc1Cl)c1ccc(Cl)cc1. The van der Waals surface area contributed by atoms with E-state index in [0.29, 0.717) is 5.02 Å². The Balaban J connectivity index is 2.22. The Morgan fingerprint density at radius 3 is 1.86 bits per heavy atom. The van der Waals surface area contributed by atoms with E-state index in [-0.39, 0.29) is 14.8 Å². The summed E-state index contributed by atoms with van der Waals surface area (Å²) in [7, 11) is -8.21. The first-order valence-corrected chi connectivity index (χ1v) is 9.48. The first-order valence-electron chi connectivity index (χ1n) is 5.76. The van der Waals surface area contributed by atoms with E-state index in [1.54, 1.807) is 15.7 Å². The van der Waals surface area contributed by atoms with Gasteiger partial charge in [-0.05, 0) is 36.4 Å². The van der Waals surface area contributed by atoms with E-state index in [4.69, 9.17) is 23.2 Å². The van der Waals surface area contributed by atoms with Crippen LogP contribution in [0.1, 0.15) is 0 Å². The summed E-state index contributed by atoms with van der Waals surface area (Å²) in [4.78, 5) is 3.20. The fourth-order valence-corrected chi connectivity index (χ4v) is 4.25. The molecule has 0 aliphatic rings. The standard InChI is InChI=1S/C12H10Cl2N2O4S2/c13-9-5-7-10(8-6-9)21(17,18)15-16-22(19,20)12-4-2-1-3-11(12)14/h1-8,15-16H. The molecule has 0 aliphatic heterocycles. The number of hydrazine groups is 1. The van der Waals surface area contributed by atoms with Gasteiger partial charge in [0.05, 0.1) is 9.92 Å². The summed E-state index contributed by atoms with van der Waals surface area (Å²) in [6.07, 6.45) is 0. The van der Waals surface area contributed by atoms with E-state index in [9.17, 15) is 16.8 Å². The van der Waals surface area contributed by atoms with Crippen molar-refractivity contribution in [3.63, 3.8) is 0 Å². The highest BCUT2D eigenvalue weighted by Crippen LogP contribution is 2.20. The fourth-order valence-electron chi connectivity index (χ4n) is 1.50. The van der Waals surface area contributed by atoms with Crippen molar-refractivity contribution in [3.05, 3.63) is 58.6 Å². The molecular weight excluding hydrogens is 371 g/mol. The van der Waals surface area contributed by atoms with Crippen LogP contribution in [-0.2, 0) is 20.0 Å². The molecule has 0 atom stereocenters. The molecule has 0 unspecified atom stereocenters. The van der Waals surface area contributed by atoms with E-state index in [0.717, 1.165) is 0 Å². The first-order chi connectivity index (χ1) is 10.2. The van der Waals surface area contributed by atoms with Crippen LogP contribution >= 0.6 is 23.2 Å². The molecule has 2 rings (SSSR count). The van der Waals surface area contributed by atoms with E-state index >= 15 is 0 Å². The molecule has 0 saturated carbocycles. The van der Waals surface area contributed by atoms with Crippen molar-refractivity contribution < 1.29 is 16.8 Å². The number of hydrogen-bond acceptors (Lipinski definition) is 4. The van der Waals surface area contributed by atoms with Crippen LogP contribution in [0.25, 0.3) is 0 Å². The highest BCUT2D eigenvalue weighted by molar-refractivity contribution is 7.92. The summed E-state index contributed by atoms with van der Waals surface area (Å²) in [6, 6.07) is 10.9. The number of rotatable bonds is 5. The van der Waals surface area contributed by atoms with Crippen molar-refractivity contribution in [2.45, 2.75) is 9.79 Å². The molecule has 0 aliphatic carbocycles. The summed E-state index contributed by atoms with van der Waals surface area (Å²) in [5.41, 5.74) is 0. The van der Waals surface area contributed by atoms with E-state index in [1.807, 2.05) is 0 Å². The van der Waals surface area contributed by atoms with Crippen molar-refractivity contribution in [2.75, 3.05) is 0 Å². The molecule has 0 saturated heterocycles. The van der Waals surface area contributed by atoms with Crippen LogP contribution in [0, 0.1) is 0 Å². The second kappa shape index (κ2) is 6.53. The molecule has 2 aromatic rings. The summed E-state index contributed by atoms with van der Waals surface area (Å²) in [5, 5.41) is 0.330. The third-order valence-corrected chi connectivity index (χ3v) is 5.95. The number of halogens is 2. The lowest BCUT2D eigenvalue weighted by Gasteiger charge is -2.10. The maximum atomic E-state index is 12.0. The lowest BCUT2D eigenvalue weighted by molar-refractivity contribution is 0.557. The normalized spacial score (nSPS) is 12.3. The molecule has 0 heterocycles. The third kappa shape index (κ3) is 3.97. The van der Waals surface area contributed by atoms with E-state index in [1.165, 1.54) is 42.5 Å². The lowest BCUT2D eigenvalue weighted by Crippen LogP contribution is -2.41. The van der Waals surface area contributed by atoms with Gasteiger partial charge < -0.3 is 0 Å². The topological polar surface area (TPSA) is 92.3 Å². The molecule has 0 bridgehead atoms. The maximum Gasteiger partial charge on any atom is 0.255 e. The van der Waals surface area contributed by atoms with Crippen molar-refractivity contribution in [1.82, 2.24) is 9.66 Å². The molecule has 0 fully saturated rings. The number of nitrogens with one attached hydrogen (secondary N) is 2. The average molecular weight is 381 g/mol. The molecule has 0 aromatic heterocycles. The van der Waals surface area contributed by atoms with Crippen LogP contribution in [0.3, 0.4) is 0 Å². The smallest absolute Gasteiger partial charge is 0.206 e. The van der Waals surface area contributed by atoms with Gasteiger partial charge >= 0.3 is 0 Å². The summed E-state index contributed by atoms with van der Waals surface area (Å²) < 4.78 is 48.1. The first kappa shape index (κ1) is 17.2. The average Bonchev–Trinajstić information content (AvgIpc) is 2.46. The fraction of sp³-hybridized carbons (Fsp3) is 0. The van der Waals surface area contributed by atoms with Gasteiger partial charge in [0.15, 0.2) is 0 Å². The number of hydrogen-bond donors (Lipinski definition) is 2. The second-order valence-corrected chi connectivity index (χ2v) is 8.27. The van der Waals surface area contributed by atoms with Crippen molar-refractivity contribution in [2.24, 2.45) is 0 Å². The highest BCUT2D eigenvalue weighted by atomic mass is 35.5. The van der Waals surface area contributed by atoms with Crippen LogP contribution in [-0.4, -0.2) is 16.8 Å². The molecule has 0 spiro atoms. The zero-order valence-electron chi connectivity index (χ0n) is 10.8. The number of benzene rings is 2. The minimum absolute atomic E-state index is 0.0271. The summed E-state index contributed by atoms with van der Waals surface area (Å²) in [5.74, 6) is 0. The summed E-state index contributed by atoms with van der Waals surface area (Å²) in [6.45, 7) is 0. The van der Waals surface area contributed by atoms with Gasteiger partial charge in [0.2, 0.25) is 0 Å². The Morgan fingerprint density at radius 1 is 0.727 bits per heavy atom. The van der Waals surface area contributed by atoms with Gasteiger partial charge in [-0.2, -0.15) is 0 Å². The van der Waals surface area contributed by atoms with Crippen molar-refractivity contribution >= 4 is 43.2 Å². The van der Waals surface area contributed by atoms with Crippen molar-refractivity contribution in [3.8, 4) is 0 Å². The molecule has 2 N–H and O–H groups in total. The zero-order valence-corrected chi connectivity index (χ0v) is 14.0. The predicted octanol–water partition coefficient (Wildman–Crippen LogP) is 2.17. The van der Waals surface area contributed by atoms with Gasteiger partial charge in [0.1, 0.15) is 4.90 Å². The van der Waals surface area contributed by atoms with Gasteiger partial charge in [0, 0.05) is 5.02 Å². The quantitative estimate of drug-likeness (QED) is 0.777. The van der Waals surface area contributed by atoms with E-state index < -0.39 is 20.0 Å². The van der Waals surface area contributed by atoms with E-state index in [2.05, 4.69) is 0 Å².